The molecule has 98 valence electrons. The molecule has 0 aliphatic carbocycles. The van der Waals surface area contributed by atoms with E-state index in [4.69, 9.17) is 9.47 Å². The molecular formula is C16H8Br2O2. The second-order valence-electron chi connectivity index (χ2n) is 4.55. The summed E-state index contributed by atoms with van der Waals surface area (Å²) < 4.78 is 14.0. The number of rotatable bonds is 0. The van der Waals surface area contributed by atoms with E-state index in [0.29, 0.717) is 11.5 Å². The first-order valence-electron chi connectivity index (χ1n) is 6.08. The van der Waals surface area contributed by atoms with Crippen LogP contribution >= 0.6 is 31.9 Å². The van der Waals surface area contributed by atoms with Crippen molar-refractivity contribution in [3.8, 4) is 23.0 Å². The Hall–Kier alpha value is -1.52. The van der Waals surface area contributed by atoms with Crippen LogP contribution in [0.1, 0.15) is 0 Å². The normalized spacial score (nSPS) is 12.3. The maximum absolute atomic E-state index is 6.05. The summed E-state index contributed by atoms with van der Waals surface area (Å²) in [4.78, 5) is 0. The fraction of sp³-hybridized carbons (Fsp3) is 0. The van der Waals surface area contributed by atoms with Crippen LogP contribution in [0, 0.1) is 0 Å². The van der Waals surface area contributed by atoms with Crippen molar-refractivity contribution in [1.29, 1.82) is 0 Å². The molecule has 4 heteroatoms. The Morgan fingerprint density at radius 2 is 1.45 bits per heavy atom. The van der Waals surface area contributed by atoms with Crippen molar-refractivity contribution in [1.82, 2.24) is 0 Å². The van der Waals surface area contributed by atoms with Gasteiger partial charge >= 0.3 is 0 Å². The van der Waals surface area contributed by atoms with Gasteiger partial charge in [-0.25, -0.2) is 0 Å². The van der Waals surface area contributed by atoms with E-state index in [9.17, 15) is 0 Å². The SMILES string of the molecule is Brc1ccc2c(c1)Oc1cc(Br)cc3cccc(c13)O2. The second-order valence-corrected chi connectivity index (χ2v) is 6.38. The lowest BCUT2D eigenvalue weighted by Gasteiger charge is -2.08. The summed E-state index contributed by atoms with van der Waals surface area (Å²) in [5.41, 5.74) is 0. The fourth-order valence-electron chi connectivity index (χ4n) is 2.37. The Morgan fingerprint density at radius 1 is 0.650 bits per heavy atom. The highest BCUT2D eigenvalue weighted by Crippen LogP contribution is 2.47. The monoisotopic (exact) mass is 390 g/mol. The molecule has 0 fully saturated rings. The molecule has 1 aliphatic heterocycles. The predicted octanol–water partition coefficient (Wildman–Crippen LogP) is 6.26. The smallest absolute Gasteiger partial charge is 0.171 e. The minimum Gasteiger partial charge on any atom is -0.453 e. The zero-order valence-corrected chi connectivity index (χ0v) is 13.4. The Bertz CT molecular complexity index is 843. The van der Waals surface area contributed by atoms with Crippen LogP contribution in [0.2, 0.25) is 0 Å². The minimum atomic E-state index is 0.704. The van der Waals surface area contributed by atoms with Gasteiger partial charge in [0.1, 0.15) is 11.5 Å². The molecule has 0 radical (unpaired) electrons. The van der Waals surface area contributed by atoms with E-state index in [0.717, 1.165) is 31.2 Å². The van der Waals surface area contributed by atoms with Crippen LogP contribution in [-0.2, 0) is 0 Å². The number of halogens is 2. The lowest BCUT2D eigenvalue weighted by atomic mass is 10.1. The average Bonchev–Trinajstić information content (AvgIpc) is 2.55. The Kier molecular flexibility index (Phi) is 2.75. The van der Waals surface area contributed by atoms with Crippen LogP contribution in [0.25, 0.3) is 10.8 Å². The van der Waals surface area contributed by atoms with E-state index in [2.05, 4.69) is 37.9 Å². The van der Waals surface area contributed by atoms with Crippen LogP contribution in [0.4, 0.5) is 0 Å². The van der Waals surface area contributed by atoms with Crippen molar-refractivity contribution >= 4 is 42.6 Å². The Labute approximate surface area is 132 Å². The molecule has 0 amide bonds. The van der Waals surface area contributed by atoms with E-state index in [-0.39, 0.29) is 0 Å². The Balaban J connectivity index is 2.06. The van der Waals surface area contributed by atoms with E-state index in [1.165, 1.54) is 0 Å². The third-order valence-electron chi connectivity index (χ3n) is 3.21. The van der Waals surface area contributed by atoms with Crippen molar-refractivity contribution in [3.05, 3.63) is 57.5 Å². The second kappa shape index (κ2) is 4.50. The third kappa shape index (κ3) is 1.91. The largest absolute Gasteiger partial charge is 0.453 e. The summed E-state index contributed by atoms with van der Waals surface area (Å²) in [5.74, 6) is 3.02. The molecule has 2 nitrogen and oxygen atoms in total. The highest BCUT2D eigenvalue weighted by molar-refractivity contribution is 9.10. The molecule has 0 N–H and O–H groups in total. The van der Waals surface area contributed by atoms with E-state index in [1.807, 2.05) is 42.5 Å². The molecule has 1 aliphatic rings. The predicted molar refractivity (Wildman–Crippen MR) is 85.9 cm³/mol. The standard InChI is InChI=1S/C16H8Br2O2/c17-10-4-5-12-14(7-10)20-15-8-11(18)6-9-2-1-3-13(19-12)16(9)15/h1-8H. The molecule has 0 bridgehead atoms. The van der Waals surface area contributed by atoms with Crippen molar-refractivity contribution < 1.29 is 9.47 Å². The first kappa shape index (κ1) is 12.2. The Morgan fingerprint density at radius 3 is 2.35 bits per heavy atom. The summed E-state index contributed by atoms with van der Waals surface area (Å²) in [5, 5.41) is 2.07. The van der Waals surface area contributed by atoms with Crippen LogP contribution < -0.4 is 9.47 Å². The van der Waals surface area contributed by atoms with Gasteiger partial charge in [0, 0.05) is 8.95 Å². The molecule has 3 aromatic carbocycles. The molecule has 0 atom stereocenters. The highest BCUT2D eigenvalue weighted by atomic mass is 79.9. The summed E-state index contributed by atoms with van der Waals surface area (Å²) in [6.45, 7) is 0. The van der Waals surface area contributed by atoms with Gasteiger partial charge < -0.3 is 9.47 Å². The lowest BCUT2D eigenvalue weighted by Crippen LogP contribution is -1.85. The molecule has 20 heavy (non-hydrogen) atoms. The molecule has 4 rings (SSSR count). The highest BCUT2D eigenvalue weighted by Gasteiger charge is 2.19. The maximum Gasteiger partial charge on any atom is 0.171 e. The molecule has 0 saturated heterocycles. The van der Waals surface area contributed by atoms with Crippen LogP contribution in [-0.4, -0.2) is 0 Å². The molecule has 3 aromatic rings. The summed E-state index contributed by atoms with van der Waals surface area (Å²) in [7, 11) is 0. The van der Waals surface area contributed by atoms with E-state index in [1.54, 1.807) is 0 Å². The van der Waals surface area contributed by atoms with Gasteiger partial charge in [-0.05, 0) is 41.8 Å². The minimum absolute atomic E-state index is 0.704. The first-order valence-corrected chi connectivity index (χ1v) is 7.67. The van der Waals surface area contributed by atoms with E-state index >= 15 is 0 Å². The molecule has 0 aromatic heterocycles. The van der Waals surface area contributed by atoms with Crippen molar-refractivity contribution in [3.63, 3.8) is 0 Å². The van der Waals surface area contributed by atoms with E-state index < -0.39 is 0 Å². The quantitative estimate of drug-likeness (QED) is 0.352. The molecule has 0 unspecified atom stereocenters. The number of hydrogen-bond acceptors (Lipinski definition) is 2. The van der Waals surface area contributed by atoms with Gasteiger partial charge in [0.05, 0.1) is 5.39 Å². The molecule has 1 heterocycles. The topological polar surface area (TPSA) is 18.5 Å². The number of hydrogen-bond donors (Lipinski definition) is 0. The summed E-state index contributed by atoms with van der Waals surface area (Å²) >= 11 is 6.98. The van der Waals surface area contributed by atoms with Crippen molar-refractivity contribution in [2.24, 2.45) is 0 Å². The third-order valence-corrected chi connectivity index (χ3v) is 4.16. The van der Waals surface area contributed by atoms with Gasteiger partial charge in [-0.2, -0.15) is 0 Å². The van der Waals surface area contributed by atoms with Crippen LogP contribution in [0.15, 0.2) is 57.5 Å². The fourth-order valence-corrected chi connectivity index (χ4v) is 3.16. The summed E-state index contributed by atoms with van der Waals surface area (Å²) in [6, 6.07) is 15.8. The van der Waals surface area contributed by atoms with Gasteiger partial charge in [0.15, 0.2) is 11.5 Å². The van der Waals surface area contributed by atoms with Crippen molar-refractivity contribution in [2.45, 2.75) is 0 Å². The van der Waals surface area contributed by atoms with Gasteiger partial charge in [-0.3, -0.25) is 0 Å². The summed E-state index contributed by atoms with van der Waals surface area (Å²) in [6.07, 6.45) is 0. The van der Waals surface area contributed by atoms with Gasteiger partial charge in [-0.15, -0.1) is 0 Å². The number of benzene rings is 3. The van der Waals surface area contributed by atoms with Gasteiger partial charge in [0.2, 0.25) is 0 Å². The zero-order chi connectivity index (χ0) is 13.7. The van der Waals surface area contributed by atoms with Crippen LogP contribution in [0.3, 0.4) is 0 Å². The lowest BCUT2D eigenvalue weighted by molar-refractivity contribution is 0.439. The molecule has 0 spiro atoms. The zero-order valence-electron chi connectivity index (χ0n) is 10.2. The van der Waals surface area contributed by atoms with Crippen molar-refractivity contribution in [2.75, 3.05) is 0 Å². The maximum atomic E-state index is 6.05. The number of ether oxygens (including phenoxy) is 2. The molecular weight excluding hydrogens is 384 g/mol. The van der Waals surface area contributed by atoms with Gasteiger partial charge in [0.25, 0.3) is 0 Å². The van der Waals surface area contributed by atoms with Crippen LogP contribution in [0.5, 0.6) is 23.0 Å². The van der Waals surface area contributed by atoms with Gasteiger partial charge in [-0.1, -0.05) is 44.0 Å². The molecule has 0 saturated carbocycles. The average molecular weight is 392 g/mol. The number of fused-ring (bicyclic) bond motifs is 1. The first-order chi connectivity index (χ1) is 9.70.